The van der Waals surface area contributed by atoms with Gasteiger partial charge in [-0.1, -0.05) is 30.3 Å². The number of nitrogens with zero attached hydrogens (tertiary/aromatic N) is 1. The number of nitrogens with one attached hydrogen (secondary N) is 1. The molecule has 0 atom stereocenters. The van der Waals surface area contributed by atoms with E-state index in [2.05, 4.69) is 5.32 Å². The van der Waals surface area contributed by atoms with Crippen molar-refractivity contribution >= 4 is 17.8 Å². The van der Waals surface area contributed by atoms with Crippen LogP contribution in [0.2, 0.25) is 0 Å². The minimum absolute atomic E-state index is 0.125. The van der Waals surface area contributed by atoms with E-state index in [-0.39, 0.29) is 43.3 Å². The second-order valence-corrected chi connectivity index (χ2v) is 8.96. The fraction of sp³-hybridized carbons (Fsp3) is 0.591. The van der Waals surface area contributed by atoms with Gasteiger partial charge in [0.1, 0.15) is 18.7 Å². The number of carbonyl (C=O) groups excluding carboxylic acids is 3. The number of imide groups is 1. The first-order valence-electron chi connectivity index (χ1n) is 10.4. The van der Waals surface area contributed by atoms with Gasteiger partial charge in [0.15, 0.2) is 0 Å². The van der Waals surface area contributed by atoms with Crippen molar-refractivity contribution in [2.45, 2.75) is 44.2 Å². The van der Waals surface area contributed by atoms with E-state index in [4.69, 9.17) is 4.74 Å². The third-order valence-corrected chi connectivity index (χ3v) is 7.39. The number of piperazine rings is 1. The molecule has 28 heavy (non-hydrogen) atoms. The molecule has 1 heterocycles. The maximum absolute atomic E-state index is 13.5. The molecule has 0 unspecified atom stereocenters. The molecule has 5 aliphatic rings. The van der Waals surface area contributed by atoms with Gasteiger partial charge in [-0.3, -0.25) is 24.6 Å². The van der Waals surface area contributed by atoms with Crippen LogP contribution in [-0.2, 0) is 25.7 Å². The molecule has 4 bridgehead atoms. The molecule has 1 spiro atoms. The predicted octanol–water partition coefficient (Wildman–Crippen LogP) is 1.88. The highest BCUT2D eigenvalue weighted by Gasteiger charge is 2.63. The van der Waals surface area contributed by atoms with Gasteiger partial charge < -0.3 is 4.74 Å². The first-order valence-corrected chi connectivity index (χ1v) is 10.4. The van der Waals surface area contributed by atoms with Gasteiger partial charge in [-0.05, 0) is 61.3 Å². The number of ether oxygens (including phenoxy) is 1. The molecular weight excluding hydrogens is 356 g/mol. The number of amides is 2. The van der Waals surface area contributed by atoms with Gasteiger partial charge >= 0.3 is 5.97 Å². The number of rotatable bonds is 4. The number of benzene rings is 1. The molecule has 4 saturated carbocycles. The van der Waals surface area contributed by atoms with Crippen LogP contribution in [0.5, 0.6) is 0 Å². The van der Waals surface area contributed by atoms with E-state index in [0.29, 0.717) is 0 Å². The van der Waals surface area contributed by atoms with E-state index >= 15 is 0 Å². The van der Waals surface area contributed by atoms with Crippen LogP contribution in [0, 0.1) is 23.7 Å². The van der Waals surface area contributed by atoms with E-state index in [1.807, 2.05) is 30.3 Å². The Morgan fingerprint density at radius 1 is 1.04 bits per heavy atom. The molecule has 1 saturated heterocycles. The summed E-state index contributed by atoms with van der Waals surface area (Å²) >= 11 is 0. The Labute approximate surface area is 164 Å². The Balaban J connectivity index is 1.30. The lowest BCUT2D eigenvalue weighted by atomic mass is 9.48. The van der Waals surface area contributed by atoms with Crippen molar-refractivity contribution in [3.8, 4) is 0 Å². The molecule has 1 aromatic carbocycles. The van der Waals surface area contributed by atoms with E-state index in [0.717, 1.165) is 48.0 Å². The Morgan fingerprint density at radius 2 is 1.68 bits per heavy atom. The van der Waals surface area contributed by atoms with E-state index in [1.54, 1.807) is 0 Å². The summed E-state index contributed by atoms with van der Waals surface area (Å²) in [4.78, 5) is 39.5. The lowest BCUT2D eigenvalue weighted by Gasteiger charge is -2.62. The molecule has 1 aliphatic heterocycles. The van der Waals surface area contributed by atoms with Gasteiger partial charge in [-0.15, -0.1) is 0 Å². The molecule has 0 aromatic heterocycles. The van der Waals surface area contributed by atoms with Crippen LogP contribution in [0.4, 0.5) is 0 Å². The topological polar surface area (TPSA) is 75.7 Å². The Morgan fingerprint density at radius 3 is 2.32 bits per heavy atom. The minimum Gasteiger partial charge on any atom is -0.459 e. The van der Waals surface area contributed by atoms with E-state index < -0.39 is 11.5 Å². The maximum atomic E-state index is 13.5. The minimum atomic E-state index is -0.652. The quantitative estimate of drug-likeness (QED) is 0.636. The summed E-state index contributed by atoms with van der Waals surface area (Å²) in [5, 5.41) is 3.35. The van der Waals surface area contributed by atoms with Gasteiger partial charge in [0, 0.05) is 0 Å². The zero-order valence-electron chi connectivity index (χ0n) is 15.9. The Kier molecular flexibility index (Phi) is 4.27. The largest absolute Gasteiger partial charge is 0.459 e. The Hall–Kier alpha value is -2.21. The highest BCUT2D eigenvalue weighted by atomic mass is 16.5. The van der Waals surface area contributed by atoms with Crippen molar-refractivity contribution in [2.75, 3.05) is 13.1 Å². The van der Waals surface area contributed by atoms with Crippen molar-refractivity contribution in [1.29, 1.82) is 0 Å². The van der Waals surface area contributed by atoms with Crippen molar-refractivity contribution < 1.29 is 19.1 Å². The predicted molar refractivity (Wildman–Crippen MR) is 101 cm³/mol. The van der Waals surface area contributed by atoms with Crippen LogP contribution in [0.15, 0.2) is 30.3 Å². The monoisotopic (exact) mass is 382 g/mol. The number of hydrogen-bond donors (Lipinski definition) is 1. The standard InChI is InChI=1S/C22H26N2O4/c25-19-11-23-22(17-7-15-6-16(9-17)10-18(22)8-15)21(27)24(19)12-20(26)28-13-14-4-2-1-3-5-14/h1-5,15-18,23H,6-13H2. The fourth-order valence-electron chi connectivity index (χ4n) is 6.37. The molecule has 2 amide bonds. The summed E-state index contributed by atoms with van der Waals surface area (Å²) in [5.74, 6) is 0.954. The van der Waals surface area contributed by atoms with Crippen LogP contribution >= 0.6 is 0 Å². The molecule has 5 fully saturated rings. The summed E-state index contributed by atoms with van der Waals surface area (Å²) in [5.41, 5.74) is 0.229. The molecule has 6 nitrogen and oxygen atoms in total. The van der Waals surface area contributed by atoms with Crippen molar-refractivity contribution in [1.82, 2.24) is 10.2 Å². The summed E-state index contributed by atoms with van der Waals surface area (Å²) in [6, 6.07) is 9.40. The van der Waals surface area contributed by atoms with Crippen LogP contribution in [0.3, 0.4) is 0 Å². The van der Waals surface area contributed by atoms with Gasteiger partial charge in [-0.25, -0.2) is 0 Å². The highest BCUT2D eigenvalue weighted by molar-refractivity contribution is 6.06. The molecule has 0 radical (unpaired) electrons. The lowest BCUT2D eigenvalue weighted by Crippen LogP contribution is -2.76. The van der Waals surface area contributed by atoms with Gasteiger partial charge in [0.05, 0.1) is 6.54 Å². The summed E-state index contributed by atoms with van der Waals surface area (Å²) < 4.78 is 5.32. The fourth-order valence-corrected chi connectivity index (χ4v) is 6.37. The average Bonchev–Trinajstić information content (AvgIpc) is 2.69. The third-order valence-electron chi connectivity index (χ3n) is 7.39. The van der Waals surface area contributed by atoms with Crippen LogP contribution in [0.1, 0.15) is 37.7 Å². The van der Waals surface area contributed by atoms with Gasteiger partial charge in [0.2, 0.25) is 5.91 Å². The highest BCUT2D eigenvalue weighted by Crippen LogP contribution is 2.59. The van der Waals surface area contributed by atoms with Crippen molar-refractivity contribution in [3.05, 3.63) is 35.9 Å². The molecule has 148 valence electrons. The number of hydrogen-bond acceptors (Lipinski definition) is 5. The molecule has 6 rings (SSSR count). The third kappa shape index (κ3) is 2.77. The van der Waals surface area contributed by atoms with Gasteiger partial charge in [0.25, 0.3) is 5.91 Å². The Bertz CT molecular complexity index is 778. The van der Waals surface area contributed by atoms with E-state index in [1.165, 1.54) is 6.42 Å². The zero-order chi connectivity index (χ0) is 19.3. The summed E-state index contributed by atoms with van der Waals surface area (Å²) in [7, 11) is 0. The molecule has 1 N–H and O–H groups in total. The normalized spacial score (nSPS) is 36.2. The SMILES string of the molecule is O=C(CN1C(=O)CNC2(C1=O)C1CC3CC(C1)CC2C3)OCc1ccccc1. The smallest absolute Gasteiger partial charge is 0.326 e. The van der Waals surface area contributed by atoms with Crippen LogP contribution in [0.25, 0.3) is 0 Å². The summed E-state index contributed by atoms with van der Waals surface area (Å²) in [6.07, 6.45) is 5.54. The summed E-state index contributed by atoms with van der Waals surface area (Å²) in [6.45, 7) is -0.0197. The number of carbonyl (C=O) groups is 3. The van der Waals surface area contributed by atoms with Crippen molar-refractivity contribution in [2.24, 2.45) is 23.7 Å². The second-order valence-electron chi connectivity index (χ2n) is 8.96. The zero-order valence-corrected chi connectivity index (χ0v) is 15.9. The number of esters is 1. The molecule has 4 aliphatic carbocycles. The molecular formula is C22H26N2O4. The van der Waals surface area contributed by atoms with Crippen LogP contribution in [-0.4, -0.2) is 41.3 Å². The first kappa shape index (κ1) is 17.9. The van der Waals surface area contributed by atoms with Crippen molar-refractivity contribution in [3.63, 3.8) is 0 Å². The average molecular weight is 382 g/mol. The lowest BCUT2D eigenvalue weighted by molar-refractivity contribution is -0.174. The maximum Gasteiger partial charge on any atom is 0.326 e. The first-order chi connectivity index (χ1) is 13.6. The van der Waals surface area contributed by atoms with Crippen LogP contribution < -0.4 is 5.32 Å². The van der Waals surface area contributed by atoms with E-state index in [9.17, 15) is 14.4 Å². The van der Waals surface area contributed by atoms with Gasteiger partial charge in [-0.2, -0.15) is 0 Å². The second kappa shape index (κ2) is 6.69. The molecule has 1 aromatic rings. The molecule has 6 heteroatoms.